The molecule has 0 aromatic heterocycles. The maximum Gasteiger partial charge on any atom is 0.119 e. The van der Waals surface area contributed by atoms with Crippen LogP contribution in [0.25, 0.3) is 0 Å². The molecule has 0 unspecified atom stereocenters. The van der Waals surface area contributed by atoms with Crippen molar-refractivity contribution in [3.8, 4) is 5.75 Å². The number of nitrogens with zero attached hydrogens (tertiary/aromatic N) is 3. The van der Waals surface area contributed by atoms with Gasteiger partial charge in [0, 0.05) is 45.3 Å². The summed E-state index contributed by atoms with van der Waals surface area (Å²) < 4.78 is 5.48. The fraction of sp³-hybridized carbons (Fsp3) is 0.538. The summed E-state index contributed by atoms with van der Waals surface area (Å²) in [5.41, 5.74) is 4.09. The van der Waals surface area contributed by atoms with E-state index < -0.39 is 0 Å². The summed E-state index contributed by atoms with van der Waals surface area (Å²) in [5.74, 6) is 1.79. The van der Waals surface area contributed by atoms with Crippen LogP contribution in [-0.4, -0.2) is 68.8 Å². The molecule has 2 aliphatic heterocycles. The molecule has 2 atom stereocenters. The normalized spacial score (nSPS) is 24.2. The molecule has 4 nitrogen and oxygen atoms in total. The molecule has 5 rings (SSSR count). The fourth-order valence-electron chi connectivity index (χ4n) is 5.87. The Morgan fingerprint density at radius 2 is 1.78 bits per heavy atom. The molecule has 0 radical (unpaired) electrons. The number of likely N-dealkylation sites (tertiary alicyclic amines) is 1. The van der Waals surface area contributed by atoms with Crippen LogP contribution in [0.1, 0.15) is 24.0 Å². The predicted molar refractivity (Wildman–Crippen MR) is 134 cm³/mol. The molecule has 1 aliphatic carbocycles. The van der Waals surface area contributed by atoms with Gasteiger partial charge in [0.05, 0.1) is 22.8 Å². The van der Waals surface area contributed by atoms with Crippen LogP contribution in [0.3, 0.4) is 0 Å². The van der Waals surface area contributed by atoms with Crippen LogP contribution in [0, 0.1) is 5.92 Å². The third-order valence-corrected chi connectivity index (χ3v) is 8.51. The molecule has 2 heterocycles. The summed E-state index contributed by atoms with van der Waals surface area (Å²) in [4.78, 5) is 7.75. The van der Waals surface area contributed by atoms with E-state index in [0.717, 1.165) is 56.5 Å². The third kappa shape index (κ3) is 4.61. The second kappa shape index (κ2) is 9.80. The lowest BCUT2D eigenvalue weighted by Crippen LogP contribution is -2.53. The Hall–Kier alpha value is -1.46. The Morgan fingerprint density at radius 3 is 2.59 bits per heavy atom. The van der Waals surface area contributed by atoms with Crippen molar-refractivity contribution in [1.82, 2.24) is 9.80 Å². The molecule has 0 amide bonds. The molecule has 2 fully saturated rings. The topological polar surface area (TPSA) is 19.0 Å². The first-order valence-electron chi connectivity index (χ1n) is 11.9. The number of hydrogen-bond donors (Lipinski definition) is 0. The number of hydrogen-bond acceptors (Lipinski definition) is 4. The first kappa shape index (κ1) is 22.3. The van der Waals surface area contributed by atoms with E-state index >= 15 is 0 Å². The van der Waals surface area contributed by atoms with Crippen LogP contribution < -0.4 is 9.64 Å². The molecule has 2 saturated heterocycles. The molecular formula is C26H33Cl2N3O. The second-order valence-corrected chi connectivity index (χ2v) is 10.2. The van der Waals surface area contributed by atoms with Crippen LogP contribution >= 0.6 is 23.2 Å². The lowest BCUT2D eigenvalue weighted by Gasteiger charge is -2.45. The smallest absolute Gasteiger partial charge is 0.119 e. The number of piperidine rings is 1. The Kier molecular flexibility index (Phi) is 6.84. The van der Waals surface area contributed by atoms with Gasteiger partial charge >= 0.3 is 0 Å². The van der Waals surface area contributed by atoms with Crippen LogP contribution in [0.15, 0.2) is 36.4 Å². The number of fused-ring (bicyclic) bond motifs is 2. The molecule has 3 aliphatic rings. The van der Waals surface area contributed by atoms with Gasteiger partial charge in [-0.05, 0) is 73.5 Å². The Balaban J connectivity index is 1.17. The highest BCUT2D eigenvalue weighted by atomic mass is 35.5. The van der Waals surface area contributed by atoms with Crippen molar-refractivity contribution in [2.24, 2.45) is 5.92 Å². The fourth-order valence-corrected chi connectivity index (χ4v) is 6.28. The number of piperazine rings is 1. The largest absolute Gasteiger partial charge is 0.497 e. The van der Waals surface area contributed by atoms with E-state index in [0.29, 0.717) is 16.1 Å². The van der Waals surface area contributed by atoms with Gasteiger partial charge in [-0.25, -0.2) is 0 Å². The number of halogens is 2. The van der Waals surface area contributed by atoms with E-state index in [9.17, 15) is 0 Å². The van der Waals surface area contributed by atoms with E-state index in [1.165, 1.54) is 43.5 Å². The lowest BCUT2D eigenvalue weighted by atomic mass is 9.75. The summed E-state index contributed by atoms with van der Waals surface area (Å²) in [6.07, 6.45) is 5.08. The molecular weight excluding hydrogens is 441 g/mol. The number of ether oxygens (including phenoxy) is 1. The van der Waals surface area contributed by atoms with Gasteiger partial charge in [0.15, 0.2) is 0 Å². The van der Waals surface area contributed by atoms with Gasteiger partial charge in [-0.1, -0.05) is 35.3 Å². The zero-order valence-corrected chi connectivity index (χ0v) is 20.4. The van der Waals surface area contributed by atoms with Crippen LogP contribution in [-0.2, 0) is 12.8 Å². The monoisotopic (exact) mass is 473 g/mol. The average Bonchev–Trinajstić information content (AvgIpc) is 2.83. The van der Waals surface area contributed by atoms with Crippen molar-refractivity contribution in [3.05, 3.63) is 57.6 Å². The van der Waals surface area contributed by atoms with Crippen LogP contribution in [0.4, 0.5) is 5.69 Å². The van der Waals surface area contributed by atoms with Crippen molar-refractivity contribution in [1.29, 1.82) is 0 Å². The minimum atomic E-state index is 0.637. The molecule has 32 heavy (non-hydrogen) atoms. The summed E-state index contributed by atoms with van der Waals surface area (Å²) >= 11 is 12.7. The van der Waals surface area contributed by atoms with Crippen molar-refractivity contribution in [3.63, 3.8) is 0 Å². The number of anilines is 1. The predicted octanol–water partition coefficient (Wildman–Crippen LogP) is 5.00. The van der Waals surface area contributed by atoms with Crippen molar-refractivity contribution in [2.75, 3.05) is 57.8 Å². The summed E-state index contributed by atoms with van der Waals surface area (Å²) in [7, 11) is 1.76. The first-order chi connectivity index (χ1) is 15.6. The van der Waals surface area contributed by atoms with Gasteiger partial charge in [-0.2, -0.15) is 0 Å². The maximum absolute atomic E-state index is 6.44. The van der Waals surface area contributed by atoms with Gasteiger partial charge in [-0.3, -0.25) is 9.80 Å². The summed E-state index contributed by atoms with van der Waals surface area (Å²) in [6.45, 7) is 7.69. The molecule has 0 saturated carbocycles. The summed E-state index contributed by atoms with van der Waals surface area (Å²) in [5, 5.41) is 1.31. The minimum Gasteiger partial charge on any atom is -0.497 e. The molecule has 172 valence electrons. The van der Waals surface area contributed by atoms with Crippen LogP contribution in [0.5, 0.6) is 5.75 Å². The molecule has 2 aromatic carbocycles. The van der Waals surface area contributed by atoms with E-state index in [-0.39, 0.29) is 0 Å². The molecule has 0 N–H and O–H groups in total. The van der Waals surface area contributed by atoms with E-state index in [4.69, 9.17) is 27.9 Å². The van der Waals surface area contributed by atoms with Gasteiger partial charge in [0.25, 0.3) is 0 Å². The number of methoxy groups -OCH3 is 1. The minimum absolute atomic E-state index is 0.637. The standard InChI is InChI=1S/C26H33Cl2N3O/c1-32-22-8-7-19-16-20-4-3-9-30(25(20)18-21(19)17-22)13-10-29-11-14-31(15-12-29)24-6-2-5-23(27)26(24)28/h2,5-8,17,20,25H,3-4,9-16,18H2,1H3/t20-,25-/m0/s1. The Labute approximate surface area is 202 Å². The summed E-state index contributed by atoms with van der Waals surface area (Å²) in [6, 6.07) is 13.3. The lowest BCUT2D eigenvalue weighted by molar-refractivity contribution is 0.0726. The zero-order valence-electron chi connectivity index (χ0n) is 18.9. The van der Waals surface area contributed by atoms with Crippen molar-refractivity contribution >= 4 is 28.9 Å². The second-order valence-electron chi connectivity index (χ2n) is 9.45. The quantitative estimate of drug-likeness (QED) is 0.607. The Morgan fingerprint density at radius 1 is 0.938 bits per heavy atom. The van der Waals surface area contributed by atoms with Crippen molar-refractivity contribution < 1.29 is 4.74 Å². The highest BCUT2D eigenvalue weighted by molar-refractivity contribution is 6.43. The highest BCUT2D eigenvalue weighted by Crippen LogP contribution is 2.36. The highest BCUT2D eigenvalue weighted by Gasteiger charge is 2.35. The zero-order chi connectivity index (χ0) is 22.1. The van der Waals surface area contributed by atoms with Crippen LogP contribution in [0.2, 0.25) is 10.0 Å². The third-order valence-electron chi connectivity index (χ3n) is 7.71. The van der Waals surface area contributed by atoms with Gasteiger partial charge in [0.1, 0.15) is 5.75 Å². The van der Waals surface area contributed by atoms with Gasteiger partial charge < -0.3 is 9.64 Å². The van der Waals surface area contributed by atoms with Gasteiger partial charge in [-0.15, -0.1) is 0 Å². The Bertz CT molecular complexity index is 945. The number of benzene rings is 2. The molecule has 2 aromatic rings. The number of rotatable bonds is 5. The van der Waals surface area contributed by atoms with E-state index in [2.05, 4.69) is 39.0 Å². The first-order valence-corrected chi connectivity index (χ1v) is 12.7. The SMILES string of the molecule is COc1ccc2c(c1)C[C@H]1[C@@H](CCCN1CCN1CCN(c3cccc(Cl)c3Cl)CC1)C2. The van der Waals surface area contributed by atoms with E-state index in [1.807, 2.05) is 12.1 Å². The molecule has 6 heteroatoms. The van der Waals surface area contributed by atoms with Gasteiger partial charge in [0.2, 0.25) is 0 Å². The average molecular weight is 474 g/mol. The van der Waals surface area contributed by atoms with E-state index in [1.54, 1.807) is 7.11 Å². The molecule has 0 bridgehead atoms. The maximum atomic E-state index is 6.44. The molecule has 0 spiro atoms. The van der Waals surface area contributed by atoms with Crippen molar-refractivity contribution in [2.45, 2.75) is 31.7 Å².